The first-order valence-corrected chi connectivity index (χ1v) is 5.25. The first-order chi connectivity index (χ1) is 8.78. The van der Waals surface area contributed by atoms with E-state index >= 15 is 0 Å². The van der Waals surface area contributed by atoms with E-state index in [2.05, 4.69) is 20.1 Å². The molecule has 3 aromatic heterocycles. The molecule has 0 unspecified atom stereocenters. The van der Waals surface area contributed by atoms with E-state index in [1.165, 1.54) is 0 Å². The molecule has 18 heavy (non-hydrogen) atoms. The number of hydrogen-bond donors (Lipinski definition) is 1. The Morgan fingerprint density at radius 1 is 1.28 bits per heavy atom. The van der Waals surface area contributed by atoms with Crippen LogP contribution < -0.4 is 10.5 Å². The highest BCUT2D eigenvalue weighted by atomic mass is 16.5. The van der Waals surface area contributed by atoms with E-state index in [0.717, 1.165) is 5.56 Å². The van der Waals surface area contributed by atoms with Crippen molar-refractivity contribution < 1.29 is 4.74 Å². The predicted octanol–water partition coefficient (Wildman–Crippen LogP) is 0.777. The lowest BCUT2D eigenvalue weighted by Crippen LogP contribution is -1.94. The van der Waals surface area contributed by atoms with E-state index in [0.29, 0.717) is 17.2 Å². The molecule has 7 heteroatoms. The number of nitrogens with zero attached hydrogens (tertiary/aromatic N) is 5. The molecule has 3 heterocycles. The summed E-state index contributed by atoms with van der Waals surface area (Å²) in [4.78, 5) is 12.5. The maximum Gasteiger partial charge on any atom is 0.240 e. The average molecular weight is 242 g/mol. The number of ether oxygens (including phenoxy) is 1. The van der Waals surface area contributed by atoms with Gasteiger partial charge in [0.2, 0.25) is 11.8 Å². The summed E-state index contributed by atoms with van der Waals surface area (Å²) in [6.07, 6.45) is 4.96. The average Bonchev–Trinajstić information content (AvgIpc) is 2.79. The molecule has 90 valence electrons. The Balaban J connectivity index is 2.17. The summed E-state index contributed by atoms with van der Waals surface area (Å²) < 4.78 is 6.58. The molecule has 0 saturated heterocycles. The third kappa shape index (κ3) is 1.61. The zero-order valence-corrected chi connectivity index (χ0v) is 9.61. The Labute approximate surface area is 102 Å². The molecular weight excluding hydrogens is 232 g/mol. The molecule has 3 rings (SSSR count). The van der Waals surface area contributed by atoms with E-state index in [9.17, 15) is 0 Å². The predicted molar refractivity (Wildman–Crippen MR) is 65.0 cm³/mol. The fraction of sp³-hybridized carbons (Fsp3) is 0.0909. The van der Waals surface area contributed by atoms with Gasteiger partial charge in [-0.1, -0.05) is 0 Å². The third-order valence-electron chi connectivity index (χ3n) is 2.49. The highest BCUT2D eigenvalue weighted by molar-refractivity contribution is 5.74. The maximum atomic E-state index is 5.58. The molecule has 0 fully saturated rings. The summed E-state index contributed by atoms with van der Waals surface area (Å²) in [5, 5.41) is 4.04. The zero-order valence-electron chi connectivity index (χ0n) is 9.61. The number of aromatic nitrogens is 5. The second-order valence-corrected chi connectivity index (χ2v) is 3.60. The van der Waals surface area contributed by atoms with Crippen LogP contribution >= 0.6 is 0 Å². The summed E-state index contributed by atoms with van der Waals surface area (Å²) in [7, 11) is 1.55. The van der Waals surface area contributed by atoms with Crippen LogP contribution in [0, 0.1) is 0 Å². The Hall–Kier alpha value is -2.70. The van der Waals surface area contributed by atoms with Gasteiger partial charge in [0.25, 0.3) is 0 Å². The van der Waals surface area contributed by atoms with Crippen molar-refractivity contribution in [3.05, 3.63) is 30.7 Å². The Morgan fingerprint density at radius 3 is 2.89 bits per heavy atom. The lowest BCUT2D eigenvalue weighted by atomic mass is 10.2. The van der Waals surface area contributed by atoms with E-state index in [-0.39, 0.29) is 5.95 Å². The first-order valence-electron chi connectivity index (χ1n) is 5.25. The number of nitrogen functional groups attached to an aromatic ring is 1. The van der Waals surface area contributed by atoms with Crippen LogP contribution in [0.3, 0.4) is 0 Å². The van der Waals surface area contributed by atoms with Crippen molar-refractivity contribution in [2.45, 2.75) is 0 Å². The van der Waals surface area contributed by atoms with Gasteiger partial charge in [-0.25, -0.2) is 14.5 Å². The number of fused-ring (bicyclic) bond motifs is 1. The minimum atomic E-state index is 0.226. The van der Waals surface area contributed by atoms with E-state index in [4.69, 9.17) is 10.5 Å². The van der Waals surface area contributed by atoms with Gasteiger partial charge in [0, 0.05) is 11.8 Å². The second-order valence-electron chi connectivity index (χ2n) is 3.60. The zero-order chi connectivity index (χ0) is 12.5. The Morgan fingerprint density at radius 2 is 2.17 bits per heavy atom. The number of anilines is 1. The van der Waals surface area contributed by atoms with Gasteiger partial charge in [0.1, 0.15) is 0 Å². The summed E-state index contributed by atoms with van der Waals surface area (Å²) in [5.74, 6) is 0.690. The van der Waals surface area contributed by atoms with Gasteiger partial charge in [-0.05, 0) is 12.1 Å². The second kappa shape index (κ2) is 3.95. The molecule has 0 bridgehead atoms. The van der Waals surface area contributed by atoms with Gasteiger partial charge >= 0.3 is 0 Å². The quantitative estimate of drug-likeness (QED) is 0.714. The molecule has 0 saturated carbocycles. The van der Waals surface area contributed by atoms with E-state index < -0.39 is 0 Å². The minimum Gasteiger partial charge on any atom is -0.480 e. The van der Waals surface area contributed by atoms with Crippen LogP contribution in [-0.4, -0.2) is 31.7 Å². The van der Waals surface area contributed by atoms with Crippen LogP contribution in [0.4, 0.5) is 5.95 Å². The molecule has 2 N–H and O–H groups in total. The standard InChI is InChI=1S/C11H10N6O/c1-18-9-6-13-8(5-14-9)7-3-2-4-17-10(7)15-11(12)16-17/h2-6H,1H3,(H2,12,16). The molecule has 0 spiro atoms. The van der Waals surface area contributed by atoms with Gasteiger partial charge < -0.3 is 10.5 Å². The molecule has 0 aliphatic rings. The van der Waals surface area contributed by atoms with Crippen molar-refractivity contribution in [3.8, 4) is 17.1 Å². The van der Waals surface area contributed by atoms with Gasteiger partial charge in [-0.15, -0.1) is 5.10 Å². The van der Waals surface area contributed by atoms with Crippen LogP contribution in [0.2, 0.25) is 0 Å². The molecule has 0 aliphatic heterocycles. The Kier molecular flexibility index (Phi) is 2.30. The largest absolute Gasteiger partial charge is 0.480 e. The topological polar surface area (TPSA) is 91.2 Å². The maximum absolute atomic E-state index is 5.58. The monoisotopic (exact) mass is 242 g/mol. The van der Waals surface area contributed by atoms with Crippen molar-refractivity contribution in [1.29, 1.82) is 0 Å². The van der Waals surface area contributed by atoms with Crippen LogP contribution in [-0.2, 0) is 0 Å². The van der Waals surface area contributed by atoms with Gasteiger partial charge in [0.15, 0.2) is 5.65 Å². The molecule has 0 amide bonds. The fourth-order valence-corrected chi connectivity index (χ4v) is 1.68. The summed E-state index contributed by atoms with van der Waals surface area (Å²) in [5.41, 5.74) is 7.74. The van der Waals surface area contributed by atoms with Crippen LogP contribution in [0.15, 0.2) is 30.7 Å². The molecule has 3 aromatic rings. The van der Waals surface area contributed by atoms with Crippen molar-refractivity contribution in [2.75, 3.05) is 12.8 Å². The fourth-order valence-electron chi connectivity index (χ4n) is 1.68. The molecule has 7 nitrogen and oxygen atoms in total. The number of hydrogen-bond acceptors (Lipinski definition) is 6. The number of nitrogens with two attached hydrogens (primary N) is 1. The lowest BCUT2D eigenvalue weighted by Gasteiger charge is -2.02. The molecule has 0 atom stereocenters. The highest BCUT2D eigenvalue weighted by Crippen LogP contribution is 2.21. The van der Waals surface area contributed by atoms with E-state index in [1.54, 1.807) is 30.2 Å². The van der Waals surface area contributed by atoms with Crippen molar-refractivity contribution in [2.24, 2.45) is 0 Å². The van der Waals surface area contributed by atoms with Gasteiger partial charge in [-0.3, -0.25) is 0 Å². The molecule has 0 radical (unpaired) electrons. The normalized spacial score (nSPS) is 10.7. The van der Waals surface area contributed by atoms with Crippen LogP contribution in [0.1, 0.15) is 0 Å². The van der Waals surface area contributed by atoms with Crippen molar-refractivity contribution in [1.82, 2.24) is 24.6 Å². The van der Waals surface area contributed by atoms with Crippen LogP contribution in [0.5, 0.6) is 5.88 Å². The number of pyridine rings is 1. The smallest absolute Gasteiger partial charge is 0.240 e. The van der Waals surface area contributed by atoms with E-state index in [1.807, 2.05) is 12.1 Å². The Bertz CT molecular complexity index is 690. The molecule has 0 aromatic carbocycles. The minimum absolute atomic E-state index is 0.226. The third-order valence-corrected chi connectivity index (χ3v) is 2.49. The summed E-state index contributed by atoms with van der Waals surface area (Å²) in [6, 6.07) is 3.74. The van der Waals surface area contributed by atoms with Gasteiger partial charge in [0.05, 0.1) is 25.2 Å². The number of rotatable bonds is 2. The van der Waals surface area contributed by atoms with Crippen LogP contribution in [0.25, 0.3) is 16.9 Å². The number of methoxy groups -OCH3 is 1. The van der Waals surface area contributed by atoms with Crippen molar-refractivity contribution in [3.63, 3.8) is 0 Å². The lowest BCUT2D eigenvalue weighted by molar-refractivity contribution is 0.396. The SMILES string of the molecule is COc1cnc(-c2cccn3nc(N)nc23)cn1. The van der Waals surface area contributed by atoms with Gasteiger partial charge in [-0.2, -0.15) is 4.98 Å². The summed E-state index contributed by atoms with van der Waals surface area (Å²) >= 11 is 0. The molecular formula is C11H10N6O. The first kappa shape index (κ1) is 10.5. The molecule has 0 aliphatic carbocycles. The highest BCUT2D eigenvalue weighted by Gasteiger charge is 2.09. The summed E-state index contributed by atoms with van der Waals surface area (Å²) in [6.45, 7) is 0. The van der Waals surface area contributed by atoms with Crippen molar-refractivity contribution >= 4 is 11.6 Å².